The minimum Gasteiger partial charge on any atom is -0.442 e. The van der Waals surface area contributed by atoms with Gasteiger partial charge in [-0.2, -0.15) is 0 Å². The monoisotopic (exact) mass is 498 g/mol. The third-order valence-electron chi connectivity index (χ3n) is 5.31. The lowest BCUT2D eigenvalue weighted by molar-refractivity contribution is -0.119. The Balaban J connectivity index is 1.77. The molecule has 0 bridgehead atoms. The molecule has 7 nitrogen and oxygen atoms in total. The van der Waals surface area contributed by atoms with Gasteiger partial charge in [0.15, 0.2) is 9.84 Å². The molecule has 0 aromatic heterocycles. The highest BCUT2D eigenvalue weighted by atomic mass is 32.2. The lowest BCUT2D eigenvalue weighted by atomic mass is 10.0. The predicted octanol–water partition coefficient (Wildman–Crippen LogP) is 4.42. The van der Waals surface area contributed by atoms with Crippen LogP contribution in [0.4, 0.5) is 14.9 Å². The Morgan fingerprint density at radius 2 is 1.97 bits per heavy atom. The van der Waals surface area contributed by atoms with Crippen LogP contribution in [-0.4, -0.2) is 45.4 Å². The summed E-state index contributed by atoms with van der Waals surface area (Å²) in [5, 5.41) is 2.59. The number of ether oxygens (including phenoxy) is 1. The van der Waals surface area contributed by atoms with Gasteiger partial charge in [-0.15, -0.1) is 0 Å². The van der Waals surface area contributed by atoms with Gasteiger partial charge >= 0.3 is 6.09 Å². The summed E-state index contributed by atoms with van der Waals surface area (Å²) >= 11 is 0. The molecule has 35 heavy (non-hydrogen) atoms. The van der Waals surface area contributed by atoms with Gasteiger partial charge in [-0.3, -0.25) is 9.69 Å². The Kier molecular flexibility index (Phi) is 8.24. The first-order valence-electron chi connectivity index (χ1n) is 10.9. The maximum absolute atomic E-state index is 15.0. The first-order chi connectivity index (χ1) is 16.6. The number of sulfone groups is 1. The van der Waals surface area contributed by atoms with Gasteiger partial charge in [0.1, 0.15) is 11.9 Å². The van der Waals surface area contributed by atoms with Crippen molar-refractivity contribution in [1.29, 1.82) is 0 Å². The van der Waals surface area contributed by atoms with E-state index in [1.165, 1.54) is 42.2 Å². The number of carbonyl (C=O) groups is 2. The molecule has 0 unspecified atom stereocenters. The highest BCUT2D eigenvalue weighted by Gasteiger charge is 2.32. The lowest BCUT2D eigenvalue weighted by Gasteiger charge is -2.15. The summed E-state index contributed by atoms with van der Waals surface area (Å²) in [6.45, 7) is 7.13. The van der Waals surface area contributed by atoms with Crippen molar-refractivity contribution in [2.24, 2.45) is 0 Å². The molecule has 184 valence electrons. The fourth-order valence-electron chi connectivity index (χ4n) is 3.66. The summed E-state index contributed by atoms with van der Waals surface area (Å²) in [5.74, 6) is -0.985. The molecule has 0 spiro atoms. The van der Waals surface area contributed by atoms with E-state index in [2.05, 4.69) is 11.9 Å². The van der Waals surface area contributed by atoms with E-state index in [0.29, 0.717) is 16.8 Å². The van der Waals surface area contributed by atoms with Crippen molar-refractivity contribution in [1.82, 2.24) is 5.32 Å². The van der Waals surface area contributed by atoms with Gasteiger partial charge < -0.3 is 10.1 Å². The number of nitrogens with one attached hydrogen (secondary N) is 1. The molecule has 1 saturated heterocycles. The Morgan fingerprint density at radius 1 is 1.26 bits per heavy atom. The second-order valence-corrected chi connectivity index (χ2v) is 9.97. The summed E-state index contributed by atoms with van der Waals surface area (Å²) in [4.78, 5) is 24.7. The van der Waals surface area contributed by atoms with Crippen LogP contribution in [-0.2, 0) is 19.4 Å². The first kappa shape index (κ1) is 25.9. The van der Waals surface area contributed by atoms with E-state index < -0.39 is 27.9 Å². The van der Waals surface area contributed by atoms with Crippen LogP contribution in [0, 0.1) is 5.82 Å². The van der Waals surface area contributed by atoms with Crippen LogP contribution in [0.25, 0.3) is 11.1 Å². The summed E-state index contributed by atoms with van der Waals surface area (Å²) < 4.78 is 45.7. The van der Waals surface area contributed by atoms with Crippen molar-refractivity contribution in [2.75, 3.05) is 23.7 Å². The van der Waals surface area contributed by atoms with Crippen LogP contribution in [0.3, 0.4) is 0 Å². The third kappa shape index (κ3) is 6.45. The van der Waals surface area contributed by atoms with E-state index in [1.807, 2.05) is 0 Å². The topological polar surface area (TPSA) is 92.8 Å². The molecule has 1 atom stereocenters. The van der Waals surface area contributed by atoms with Gasteiger partial charge in [0.05, 0.1) is 29.4 Å². The zero-order chi connectivity index (χ0) is 25.6. The van der Waals surface area contributed by atoms with Crippen molar-refractivity contribution >= 4 is 27.5 Å². The molecule has 3 rings (SSSR count). The standard InChI is InChI=1S/C26H27FN2O5S/c1-4-6-19(7-5-2)17-35(32,33)23-11-8-20(9-12-23)24-13-10-21(14-25(24)27)29-16-22(34-26(29)31)15-28-18(3)30/h4-14,22H,1,15-17H2,2-3H3,(H,28,30)/b7-5-,19-6+/t22-/m0/s1. The van der Waals surface area contributed by atoms with Crippen LogP contribution >= 0.6 is 0 Å². The summed E-state index contributed by atoms with van der Waals surface area (Å²) in [5.41, 5.74) is 1.69. The SMILES string of the molecule is C=C/C=C(\C=C/C)CS(=O)(=O)c1ccc(-c2ccc(N3C[C@H](CNC(C)=O)OC3=O)cc2F)cc1. The quantitative estimate of drug-likeness (QED) is 0.517. The van der Waals surface area contributed by atoms with Gasteiger partial charge in [-0.25, -0.2) is 17.6 Å². The average molecular weight is 499 g/mol. The molecule has 0 radical (unpaired) electrons. The van der Waals surface area contributed by atoms with Gasteiger partial charge in [-0.05, 0) is 48.4 Å². The summed E-state index contributed by atoms with van der Waals surface area (Å²) in [6, 6.07) is 10.3. The second kappa shape index (κ2) is 11.1. The Bertz CT molecular complexity index is 1280. The average Bonchev–Trinajstić information content (AvgIpc) is 3.18. The number of cyclic esters (lactones) is 1. The van der Waals surface area contributed by atoms with E-state index in [-0.39, 0.29) is 35.2 Å². The molecule has 1 heterocycles. The van der Waals surface area contributed by atoms with Gasteiger partial charge in [0.2, 0.25) is 5.91 Å². The minimum atomic E-state index is -3.60. The fraction of sp³-hybridized carbons (Fsp3) is 0.231. The maximum atomic E-state index is 15.0. The number of carbonyl (C=O) groups excluding carboxylic acids is 2. The third-order valence-corrected chi connectivity index (χ3v) is 7.01. The van der Waals surface area contributed by atoms with Gasteiger partial charge in [0, 0.05) is 12.5 Å². The number of nitrogens with zero attached hydrogens (tertiary/aromatic N) is 1. The molecular formula is C26H27FN2O5S. The second-order valence-electron chi connectivity index (χ2n) is 7.98. The van der Waals surface area contributed by atoms with E-state index in [1.54, 1.807) is 43.4 Å². The molecule has 1 aliphatic rings. The van der Waals surface area contributed by atoms with Crippen molar-refractivity contribution in [3.05, 3.63) is 84.7 Å². The van der Waals surface area contributed by atoms with Crippen molar-refractivity contribution in [2.45, 2.75) is 24.8 Å². The molecule has 1 fully saturated rings. The van der Waals surface area contributed by atoms with Crippen LogP contribution in [0.1, 0.15) is 13.8 Å². The van der Waals surface area contributed by atoms with Gasteiger partial charge in [0.25, 0.3) is 0 Å². The van der Waals surface area contributed by atoms with Crippen molar-refractivity contribution in [3.8, 4) is 11.1 Å². The summed E-state index contributed by atoms with van der Waals surface area (Å²) in [6.07, 6.45) is 5.49. The molecule has 1 N–H and O–H groups in total. The molecule has 9 heteroatoms. The van der Waals surface area contributed by atoms with Crippen molar-refractivity contribution in [3.63, 3.8) is 0 Å². The maximum Gasteiger partial charge on any atom is 0.414 e. The number of rotatable bonds is 9. The Hall–Kier alpha value is -3.72. The number of hydrogen-bond donors (Lipinski definition) is 1. The smallest absolute Gasteiger partial charge is 0.414 e. The number of allylic oxidation sites excluding steroid dienone is 4. The molecule has 0 aliphatic carbocycles. The number of benzene rings is 2. The van der Waals surface area contributed by atoms with E-state index in [0.717, 1.165) is 0 Å². The molecular weight excluding hydrogens is 471 g/mol. The Labute approximate surface area is 204 Å². The lowest BCUT2D eigenvalue weighted by Crippen LogP contribution is -2.33. The van der Waals surface area contributed by atoms with Crippen LogP contribution < -0.4 is 10.2 Å². The van der Waals surface area contributed by atoms with Crippen LogP contribution in [0.15, 0.2) is 83.8 Å². The van der Waals surface area contributed by atoms with Crippen LogP contribution in [0.2, 0.25) is 0 Å². The normalized spacial score (nSPS) is 16.4. The number of amides is 2. The van der Waals surface area contributed by atoms with E-state index in [4.69, 9.17) is 4.74 Å². The highest BCUT2D eigenvalue weighted by molar-refractivity contribution is 7.91. The highest BCUT2D eigenvalue weighted by Crippen LogP contribution is 2.30. The molecule has 2 aromatic carbocycles. The number of halogens is 1. The number of hydrogen-bond acceptors (Lipinski definition) is 5. The van der Waals surface area contributed by atoms with Crippen LogP contribution in [0.5, 0.6) is 0 Å². The van der Waals surface area contributed by atoms with Gasteiger partial charge in [-0.1, -0.05) is 43.0 Å². The fourth-order valence-corrected chi connectivity index (χ4v) is 5.01. The minimum absolute atomic E-state index is 0.128. The van der Waals surface area contributed by atoms with E-state index >= 15 is 0 Å². The zero-order valence-corrected chi connectivity index (χ0v) is 20.3. The number of anilines is 1. The first-order valence-corrected chi connectivity index (χ1v) is 12.6. The van der Waals surface area contributed by atoms with Crippen molar-refractivity contribution < 1.29 is 27.1 Å². The predicted molar refractivity (Wildman–Crippen MR) is 133 cm³/mol. The summed E-state index contributed by atoms with van der Waals surface area (Å²) in [7, 11) is -3.60. The largest absolute Gasteiger partial charge is 0.442 e. The molecule has 2 aromatic rings. The Morgan fingerprint density at radius 3 is 2.57 bits per heavy atom. The molecule has 2 amide bonds. The molecule has 0 saturated carbocycles. The zero-order valence-electron chi connectivity index (χ0n) is 19.5. The molecule has 1 aliphatic heterocycles. The van der Waals surface area contributed by atoms with E-state index in [9.17, 15) is 22.4 Å².